The Balaban J connectivity index is 2.03. The molecule has 0 bridgehead atoms. The summed E-state index contributed by atoms with van der Waals surface area (Å²) in [7, 11) is 4.08. The number of nitrogens with one attached hydrogen (secondary N) is 1. The van der Waals surface area contributed by atoms with E-state index in [4.69, 9.17) is 9.47 Å². The molecule has 9 nitrogen and oxygen atoms in total. The van der Waals surface area contributed by atoms with E-state index in [1.807, 2.05) is 0 Å². The molecule has 2 amide bonds. The highest BCUT2D eigenvalue weighted by molar-refractivity contribution is 6.46. The summed E-state index contributed by atoms with van der Waals surface area (Å²) in [6.45, 7) is 0. The van der Waals surface area contributed by atoms with Gasteiger partial charge in [-0.3, -0.25) is 15.0 Å². The lowest BCUT2D eigenvalue weighted by Crippen LogP contribution is -2.36. The summed E-state index contributed by atoms with van der Waals surface area (Å²) in [5, 5.41) is 3.76. The van der Waals surface area contributed by atoms with Crippen LogP contribution in [0.15, 0.2) is 23.3 Å². The molecule has 0 saturated carbocycles. The summed E-state index contributed by atoms with van der Waals surface area (Å²) in [6.07, 6.45) is 0. The minimum absolute atomic E-state index is 0.120. The lowest BCUT2D eigenvalue weighted by molar-refractivity contribution is -0.133. The average molecular weight is 333 g/mol. The smallest absolute Gasteiger partial charge is 0.355 e. The largest absolute Gasteiger partial charge is 0.497 e. The maximum Gasteiger partial charge on any atom is 0.355 e. The van der Waals surface area contributed by atoms with Gasteiger partial charge in [0.2, 0.25) is 5.91 Å². The Morgan fingerprint density at radius 2 is 1.92 bits per heavy atom. The minimum atomic E-state index is -1.03. The van der Waals surface area contributed by atoms with E-state index in [2.05, 4.69) is 15.3 Å². The van der Waals surface area contributed by atoms with Crippen LogP contribution < -0.4 is 19.8 Å². The van der Waals surface area contributed by atoms with Crippen molar-refractivity contribution in [1.29, 1.82) is 0 Å². The Morgan fingerprint density at radius 1 is 1.17 bits per heavy atom. The van der Waals surface area contributed by atoms with E-state index >= 15 is 0 Å². The van der Waals surface area contributed by atoms with E-state index in [1.165, 1.54) is 27.4 Å². The van der Waals surface area contributed by atoms with Crippen LogP contribution in [0.4, 0.5) is 5.69 Å². The number of hydrogen-bond acceptors (Lipinski definition) is 8. The molecule has 1 aromatic carbocycles. The Hall–Kier alpha value is -3.10. The number of benzene rings is 1. The summed E-state index contributed by atoms with van der Waals surface area (Å²) in [6, 6.07) is 3.81. The van der Waals surface area contributed by atoms with Crippen LogP contribution in [0.1, 0.15) is 0 Å². The number of nitrogens with zero attached hydrogens (tertiary/aromatic N) is 2. The maximum absolute atomic E-state index is 12.8. The molecule has 24 heavy (non-hydrogen) atoms. The second-order valence-corrected chi connectivity index (χ2v) is 5.12. The van der Waals surface area contributed by atoms with Crippen LogP contribution in [0.3, 0.4) is 0 Å². The number of hydrogen-bond donors (Lipinski definition) is 1. The van der Waals surface area contributed by atoms with Crippen molar-refractivity contribution in [3.63, 3.8) is 0 Å². The molecule has 0 aliphatic carbocycles. The first-order chi connectivity index (χ1) is 11.5. The van der Waals surface area contributed by atoms with Gasteiger partial charge in [0.15, 0.2) is 5.71 Å². The number of ether oxygens (including phenoxy) is 3. The molecule has 0 aromatic heterocycles. The average Bonchev–Trinajstić information content (AvgIpc) is 3.14. The van der Waals surface area contributed by atoms with Crippen LogP contribution >= 0.6 is 0 Å². The summed E-state index contributed by atoms with van der Waals surface area (Å²) in [5.41, 5.74) is 2.66. The standard InChI is InChI=1S/C15H15N3O6/c1-22-7-4-5-9(23-2)8(6-7)18-13(19)10-11(14(18)20)16-17-12(10)15(21)24-3/h4-6,10-11,16H,1-3H3. The minimum Gasteiger partial charge on any atom is -0.497 e. The van der Waals surface area contributed by atoms with Crippen molar-refractivity contribution < 1.29 is 28.6 Å². The molecule has 2 unspecified atom stereocenters. The molecular formula is C15H15N3O6. The third-order valence-electron chi connectivity index (χ3n) is 3.95. The first kappa shape index (κ1) is 15.8. The molecule has 1 N–H and O–H groups in total. The molecule has 1 fully saturated rings. The Kier molecular flexibility index (Phi) is 3.84. The fourth-order valence-electron chi connectivity index (χ4n) is 2.77. The molecule has 0 radical (unpaired) electrons. The van der Waals surface area contributed by atoms with Gasteiger partial charge in [0.25, 0.3) is 5.91 Å². The fourth-order valence-corrected chi connectivity index (χ4v) is 2.77. The van der Waals surface area contributed by atoms with E-state index in [-0.39, 0.29) is 11.4 Å². The topological polar surface area (TPSA) is 107 Å². The molecule has 2 atom stereocenters. The van der Waals surface area contributed by atoms with Crippen LogP contribution in [0.2, 0.25) is 0 Å². The molecule has 2 heterocycles. The molecule has 1 aromatic rings. The van der Waals surface area contributed by atoms with Crippen LogP contribution in [0.25, 0.3) is 0 Å². The van der Waals surface area contributed by atoms with Crippen LogP contribution in [0, 0.1) is 5.92 Å². The lowest BCUT2D eigenvalue weighted by atomic mass is 9.99. The van der Waals surface area contributed by atoms with Crippen molar-refractivity contribution in [3.8, 4) is 11.5 Å². The highest BCUT2D eigenvalue weighted by Crippen LogP contribution is 2.38. The first-order valence-electron chi connectivity index (χ1n) is 7.04. The number of anilines is 1. The zero-order valence-corrected chi connectivity index (χ0v) is 13.2. The van der Waals surface area contributed by atoms with Crippen molar-refractivity contribution in [2.24, 2.45) is 11.0 Å². The first-order valence-corrected chi connectivity index (χ1v) is 7.04. The van der Waals surface area contributed by atoms with E-state index in [0.717, 1.165) is 4.90 Å². The highest BCUT2D eigenvalue weighted by Gasteiger charge is 2.56. The number of methoxy groups -OCH3 is 3. The van der Waals surface area contributed by atoms with Gasteiger partial charge in [0.05, 0.1) is 27.0 Å². The van der Waals surface area contributed by atoms with Gasteiger partial charge in [-0.15, -0.1) is 0 Å². The van der Waals surface area contributed by atoms with E-state index in [0.29, 0.717) is 11.5 Å². The quantitative estimate of drug-likeness (QED) is 0.595. The Bertz CT molecular complexity index is 760. The molecule has 126 valence electrons. The van der Waals surface area contributed by atoms with Crippen molar-refractivity contribution >= 4 is 29.2 Å². The molecule has 2 aliphatic rings. The third-order valence-corrected chi connectivity index (χ3v) is 3.95. The van der Waals surface area contributed by atoms with E-state index in [1.54, 1.807) is 12.1 Å². The molecule has 3 rings (SSSR count). The van der Waals surface area contributed by atoms with E-state index in [9.17, 15) is 14.4 Å². The van der Waals surface area contributed by atoms with Gasteiger partial charge >= 0.3 is 5.97 Å². The number of fused-ring (bicyclic) bond motifs is 1. The fraction of sp³-hybridized carbons (Fsp3) is 0.333. The molecular weight excluding hydrogens is 318 g/mol. The van der Waals surface area contributed by atoms with Gasteiger partial charge in [-0.25, -0.2) is 9.69 Å². The monoisotopic (exact) mass is 333 g/mol. The number of imide groups is 1. The lowest BCUT2D eigenvalue weighted by Gasteiger charge is -2.19. The maximum atomic E-state index is 12.8. The van der Waals surface area contributed by atoms with Crippen molar-refractivity contribution in [2.75, 3.05) is 26.2 Å². The van der Waals surface area contributed by atoms with Crippen LogP contribution in [-0.2, 0) is 19.1 Å². The van der Waals surface area contributed by atoms with Gasteiger partial charge < -0.3 is 14.2 Å². The van der Waals surface area contributed by atoms with Gasteiger partial charge in [-0.2, -0.15) is 5.10 Å². The number of carbonyl (C=O) groups excluding carboxylic acids is 3. The molecule has 9 heteroatoms. The zero-order chi connectivity index (χ0) is 17.4. The summed E-state index contributed by atoms with van der Waals surface area (Å²) < 4.78 is 15.0. The van der Waals surface area contributed by atoms with Crippen molar-refractivity contribution in [3.05, 3.63) is 18.2 Å². The van der Waals surface area contributed by atoms with E-state index < -0.39 is 29.7 Å². The zero-order valence-electron chi connectivity index (χ0n) is 13.2. The number of carbonyl (C=O) groups is 3. The normalized spacial score (nSPS) is 22.0. The predicted octanol–water partition coefficient (Wildman–Crippen LogP) is -0.306. The molecule has 1 saturated heterocycles. The summed E-state index contributed by atoms with van der Waals surface area (Å²) >= 11 is 0. The van der Waals surface area contributed by atoms with Gasteiger partial charge in [0, 0.05) is 6.07 Å². The van der Waals surface area contributed by atoms with Crippen LogP contribution in [0.5, 0.6) is 11.5 Å². The van der Waals surface area contributed by atoms with Crippen LogP contribution in [-0.4, -0.2) is 50.9 Å². The molecule has 2 aliphatic heterocycles. The second-order valence-electron chi connectivity index (χ2n) is 5.12. The second kappa shape index (κ2) is 5.84. The number of hydrazone groups is 1. The van der Waals surface area contributed by atoms with Crippen molar-refractivity contribution in [1.82, 2.24) is 5.43 Å². The highest BCUT2D eigenvalue weighted by atomic mass is 16.5. The predicted molar refractivity (Wildman–Crippen MR) is 81.9 cm³/mol. The Labute approximate surface area is 137 Å². The van der Waals surface area contributed by atoms with Gasteiger partial charge in [-0.1, -0.05) is 0 Å². The number of esters is 1. The Morgan fingerprint density at radius 3 is 2.54 bits per heavy atom. The molecule has 0 spiro atoms. The summed E-state index contributed by atoms with van der Waals surface area (Å²) in [4.78, 5) is 38.1. The van der Waals surface area contributed by atoms with Gasteiger partial charge in [0.1, 0.15) is 23.5 Å². The summed E-state index contributed by atoms with van der Waals surface area (Å²) in [5.74, 6) is -2.10. The van der Waals surface area contributed by atoms with Gasteiger partial charge in [-0.05, 0) is 12.1 Å². The van der Waals surface area contributed by atoms with Crippen molar-refractivity contribution in [2.45, 2.75) is 6.04 Å². The third kappa shape index (κ3) is 2.16. The SMILES string of the molecule is COC(=O)C1=NNC2C(=O)N(c3cc(OC)ccc3OC)C(=O)C12. The number of amides is 2. The number of rotatable bonds is 4.